The molecule has 0 spiro atoms. The number of amides is 1. The summed E-state index contributed by atoms with van der Waals surface area (Å²) < 4.78 is 27.2. The standard InChI is InChI=1S/C13H16N4O3S4/c1-2-21-13-16-15-12(23-13)14-11(18)10-7-9(8-22-10)24(19,20)17-5-3-4-6-17/h7-8H,2-6H2,1H3,(H,14,15,18). The van der Waals surface area contributed by atoms with Crippen LogP contribution in [0.4, 0.5) is 5.13 Å². The second-order valence-corrected chi connectivity index (χ2v) is 10.4. The lowest BCUT2D eigenvalue weighted by Gasteiger charge is -2.13. The Morgan fingerprint density at radius 3 is 2.83 bits per heavy atom. The largest absolute Gasteiger partial charge is 0.296 e. The van der Waals surface area contributed by atoms with Crippen LogP contribution in [0.25, 0.3) is 0 Å². The van der Waals surface area contributed by atoms with Crippen LogP contribution in [0.5, 0.6) is 0 Å². The number of hydrogen-bond acceptors (Lipinski definition) is 8. The number of rotatable bonds is 6. The summed E-state index contributed by atoms with van der Waals surface area (Å²) >= 11 is 3.97. The maximum Gasteiger partial charge on any atom is 0.267 e. The first-order chi connectivity index (χ1) is 11.5. The van der Waals surface area contributed by atoms with Gasteiger partial charge < -0.3 is 0 Å². The molecule has 1 aliphatic rings. The smallest absolute Gasteiger partial charge is 0.267 e. The molecule has 0 aromatic carbocycles. The van der Waals surface area contributed by atoms with Gasteiger partial charge in [-0.15, -0.1) is 21.5 Å². The Labute approximate surface area is 152 Å². The number of carbonyl (C=O) groups excluding carboxylic acids is 1. The zero-order valence-electron chi connectivity index (χ0n) is 12.9. The Kier molecular flexibility index (Phi) is 5.55. The molecule has 0 bridgehead atoms. The van der Waals surface area contributed by atoms with E-state index in [0.29, 0.717) is 23.1 Å². The normalized spacial score (nSPS) is 15.7. The molecule has 0 aliphatic carbocycles. The zero-order chi connectivity index (χ0) is 17.2. The first-order valence-corrected chi connectivity index (χ1v) is 11.5. The molecule has 1 saturated heterocycles. The van der Waals surface area contributed by atoms with E-state index in [0.717, 1.165) is 34.3 Å². The Morgan fingerprint density at radius 2 is 2.12 bits per heavy atom. The van der Waals surface area contributed by atoms with Crippen molar-refractivity contribution in [2.24, 2.45) is 0 Å². The number of hydrogen-bond donors (Lipinski definition) is 1. The minimum absolute atomic E-state index is 0.180. The van der Waals surface area contributed by atoms with Crippen molar-refractivity contribution < 1.29 is 13.2 Å². The van der Waals surface area contributed by atoms with Gasteiger partial charge in [-0.1, -0.05) is 30.0 Å². The molecule has 2 aromatic heterocycles. The van der Waals surface area contributed by atoms with Gasteiger partial charge in [0.05, 0.1) is 9.77 Å². The molecule has 1 amide bonds. The van der Waals surface area contributed by atoms with Gasteiger partial charge in [0.2, 0.25) is 15.2 Å². The third kappa shape index (κ3) is 3.80. The molecular weight excluding hydrogens is 388 g/mol. The van der Waals surface area contributed by atoms with Crippen molar-refractivity contribution in [3.05, 3.63) is 16.3 Å². The minimum atomic E-state index is -3.49. The molecule has 24 heavy (non-hydrogen) atoms. The van der Waals surface area contributed by atoms with Crippen molar-refractivity contribution in [2.45, 2.75) is 29.0 Å². The number of thioether (sulfide) groups is 1. The SMILES string of the molecule is CCSc1nnc(NC(=O)c2cc(S(=O)(=O)N3CCCC3)cs2)s1. The minimum Gasteiger partial charge on any atom is -0.296 e. The summed E-state index contributed by atoms with van der Waals surface area (Å²) in [5.74, 6) is 0.512. The van der Waals surface area contributed by atoms with E-state index in [2.05, 4.69) is 15.5 Å². The highest BCUT2D eigenvalue weighted by molar-refractivity contribution is 8.01. The highest BCUT2D eigenvalue weighted by Crippen LogP contribution is 2.28. The van der Waals surface area contributed by atoms with Crippen molar-refractivity contribution in [1.82, 2.24) is 14.5 Å². The van der Waals surface area contributed by atoms with E-state index in [9.17, 15) is 13.2 Å². The lowest BCUT2D eigenvalue weighted by molar-refractivity contribution is 0.103. The predicted molar refractivity (Wildman–Crippen MR) is 96.6 cm³/mol. The summed E-state index contributed by atoms with van der Waals surface area (Å²) in [4.78, 5) is 12.8. The second-order valence-electron chi connectivity index (χ2n) is 5.02. The van der Waals surface area contributed by atoms with Crippen LogP contribution in [-0.2, 0) is 10.0 Å². The lowest BCUT2D eigenvalue weighted by atomic mass is 10.4. The molecule has 0 unspecified atom stereocenters. The summed E-state index contributed by atoms with van der Waals surface area (Å²) in [6, 6.07) is 1.43. The fourth-order valence-corrected chi connectivity index (χ4v) is 6.57. The Balaban J connectivity index is 1.71. The molecule has 130 valence electrons. The van der Waals surface area contributed by atoms with Gasteiger partial charge in [0.15, 0.2) is 4.34 Å². The molecule has 1 fully saturated rings. The van der Waals surface area contributed by atoms with Gasteiger partial charge in [-0.3, -0.25) is 10.1 Å². The molecule has 7 nitrogen and oxygen atoms in total. The average molecular weight is 405 g/mol. The van der Waals surface area contributed by atoms with Crippen LogP contribution in [-0.4, -0.2) is 47.7 Å². The molecule has 0 atom stereocenters. The van der Waals surface area contributed by atoms with Crippen LogP contribution in [0.1, 0.15) is 29.4 Å². The average Bonchev–Trinajstić information content (AvgIpc) is 3.29. The number of nitrogens with one attached hydrogen (secondary N) is 1. The highest BCUT2D eigenvalue weighted by atomic mass is 32.2. The molecule has 0 saturated carbocycles. The fraction of sp³-hybridized carbons (Fsp3) is 0.462. The van der Waals surface area contributed by atoms with Gasteiger partial charge in [-0.2, -0.15) is 4.31 Å². The van der Waals surface area contributed by atoms with Crippen LogP contribution >= 0.6 is 34.4 Å². The lowest BCUT2D eigenvalue weighted by Crippen LogP contribution is -2.27. The van der Waals surface area contributed by atoms with Crippen LogP contribution < -0.4 is 5.32 Å². The second kappa shape index (κ2) is 7.48. The van der Waals surface area contributed by atoms with E-state index in [1.165, 1.54) is 27.1 Å². The Morgan fingerprint density at radius 1 is 1.38 bits per heavy atom. The molecule has 2 aromatic rings. The third-order valence-corrected chi connectivity index (χ3v) is 8.21. The Hall–Kier alpha value is -1.01. The first-order valence-electron chi connectivity index (χ1n) is 7.37. The van der Waals surface area contributed by atoms with Gasteiger partial charge in [0, 0.05) is 18.5 Å². The quantitative estimate of drug-likeness (QED) is 0.588. The van der Waals surface area contributed by atoms with E-state index < -0.39 is 10.0 Å². The molecule has 1 N–H and O–H groups in total. The molecule has 3 rings (SSSR count). The monoisotopic (exact) mass is 404 g/mol. The van der Waals surface area contributed by atoms with Crippen LogP contribution in [0.2, 0.25) is 0 Å². The van der Waals surface area contributed by atoms with Gasteiger partial charge in [0.1, 0.15) is 0 Å². The predicted octanol–water partition coefficient (Wildman–Crippen LogP) is 2.75. The summed E-state index contributed by atoms with van der Waals surface area (Å²) in [6.45, 7) is 3.10. The summed E-state index contributed by atoms with van der Waals surface area (Å²) in [5.41, 5.74) is 0. The first kappa shape index (κ1) is 17.8. The molecule has 3 heterocycles. The summed E-state index contributed by atoms with van der Waals surface area (Å²) in [6.07, 6.45) is 1.76. The van der Waals surface area contributed by atoms with E-state index >= 15 is 0 Å². The van der Waals surface area contributed by atoms with Crippen LogP contribution in [0.3, 0.4) is 0 Å². The highest BCUT2D eigenvalue weighted by Gasteiger charge is 2.28. The topological polar surface area (TPSA) is 92.3 Å². The number of nitrogens with zero attached hydrogens (tertiary/aromatic N) is 3. The third-order valence-electron chi connectivity index (χ3n) is 3.40. The summed E-state index contributed by atoms with van der Waals surface area (Å²) in [5, 5.41) is 12.5. The van der Waals surface area contributed by atoms with Crippen molar-refractivity contribution in [1.29, 1.82) is 0 Å². The number of sulfonamides is 1. The molecule has 0 radical (unpaired) electrons. The number of carbonyl (C=O) groups is 1. The van der Waals surface area contributed by atoms with Crippen LogP contribution in [0, 0.1) is 0 Å². The number of anilines is 1. The number of aromatic nitrogens is 2. The molecule has 1 aliphatic heterocycles. The fourth-order valence-electron chi connectivity index (χ4n) is 2.25. The van der Waals surface area contributed by atoms with E-state index in [1.54, 1.807) is 11.8 Å². The van der Waals surface area contributed by atoms with Crippen LogP contribution in [0.15, 0.2) is 20.7 Å². The van der Waals surface area contributed by atoms with E-state index in [4.69, 9.17) is 0 Å². The molecular formula is C13H16N4O3S4. The van der Waals surface area contributed by atoms with Gasteiger partial charge in [-0.05, 0) is 24.7 Å². The summed E-state index contributed by atoms with van der Waals surface area (Å²) in [7, 11) is -3.49. The van der Waals surface area contributed by atoms with Gasteiger partial charge >= 0.3 is 0 Å². The zero-order valence-corrected chi connectivity index (χ0v) is 16.2. The maximum atomic E-state index is 12.5. The molecule has 11 heteroatoms. The maximum absolute atomic E-state index is 12.5. The Bertz CT molecular complexity index is 824. The van der Waals surface area contributed by atoms with E-state index in [-0.39, 0.29) is 10.8 Å². The van der Waals surface area contributed by atoms with Crippen molar-refractivity contribution in [2.75, 3.05) is 24.2 Å². The van der Waals surface area contributed by atoms with Crippen molar-refractivity contribution in [3.63, 3.8) is 0 Å². The van der Waals surface area contributed by atoms with Crippen molar-refractivity contribution in [3.8, 4) is 0 Å². The van der Waals surface area contributed by atoms with Crippen molar-refractivity contribution >= 4 is 55.5 Å². The van der Waals surface area contributed by atoms with E-state index in [1.807, 2.05) is 6.92 Å². The van der Waals surface area contributed by atoms with Gasteiger partial charge in [-0.25, -0.2) is 8.42 Å². The van der Waals surface area contributed by atoms with Gasteiger partial charge in [0.25, 0.3) is 5.91 Å². The number of thiophene rings is 1.